The van der Waals surface area contributed by atoms with Gasteiger partial charge in [0.1, 0.15) is 0 Å². The predicted molar refractivity (Wildman–Crippen MR) is 76.0 cm³/mol. The highest BCUT2D eigenvalue weighted by atomic mass is 32.2. The first-order valence-electron chi connectivity index (χ1n) is 6.25. The van der Waals surface area contributed by atoms with Gasteiger partial charge < -0.3 is 10.1 Å². The van der Waals surface area contributed by atoms with E-state index >= 15 is 0 Å². The zero-order valence-electron chi connectivity index (χ0n) is 11.4. The molecule has 1 heterocycles. The zero-order chi connectivity index (χ0) is 14.0. The fourth-order valence-corrected chi connectivity index (χ4v) is 5.10. The smallest absolute Gasteiger partial charge is 0.241 e. The summed E-state index contributed by atoms with van der Waals surface area (Å²) in [6.45, 7) is 2.54. The van der Waals surface area contributed by atoms with E-state index in [0.29, 0.717) is 11.4 Å². The molecule has 19 heavy (non-hydrogen) atoms. The van der Waals surface area contributed by atoms with Gasteiger partial charge in [0.25, 0.3) is 0 Å². The third-order valence-electron chi connectivity index (χ3n) is 3.31. The Labute approximate surface area is 118 Å². The number of rotatable bonds is 6. The lowest BCUT2D eigenvalue weighted by Crippen LogP contribution is -2.47. The first-order valence-corrected chi connectivity index (χ1v) is 8.55. The fraction of sp³-hybridized carbons (Fsp3) is 0.667. The standard InChI is InChI=1S/C12H20N2O3S2/c1-8-12(6-11(18-8)7-13-2)19(15,16)14-9-4-10(5-9)17-3/h6,9-10,13-14H,4-5,7H2,1-3H3. The number of thiophene rings is 1. The van der Waals surface area contributed by atoms with Gasteiger partial charge in [-0.05, 0) is 32.9 Å². The second-order valence-electron chi connectivity index (χ2n) is 4.81. The fourth-order valence-electron chi connectivity index (χ4n) is 2.19. The molecule has 1 aliphatic rings. The van der Waals surface area contributed by atoms with Gasteiger partial charge >= 0.3 is 0 Å². The second-order valence-corrected chi connectivity index (χ2v) is 7.83. The summed E-state index contributed by atoms with van der Waals surface area (Å²) in [6, 6.07) is 1.76. The lowest BCUT2D eigenvalue weighted by atomic mass is 9.90. The summed E-state index contributed by atoms with van der Waals surface area (Å²) >= 11 is 1.52. The number of ether oxygens (including phenoxy) is 1. The molecule has 108 valence electrons. The Hall–Kier alpha value is -0.470. The molecule has 5 nitrogen and oxygen atoms in total. The molecule has 0 aliphatic heterocycles. The normalized spacial score (nSPS) is 23.3. The summed E-state index contributed by atoms with van der Waals surface area (Å²) in [5.74, 6) is 0. The highest BCUT2D eigenvalue weighted by Crippen LogP contribution is 2.28. The van der Waals surface area contributed by atoms with Crippen LogP contribution in [0.2, 0.25) is 0 Å². The van der Waals surface area contributed by atoms with Crippen molar-refractivity contribution in [2.75, 3.05) is 14.2 Å². The first-order chi connectivity index (χ1) is 8.96. The third-order valence-corrected chi connectivity index (χ3v) is 6.14. The van der Waals surface area contributed by atoms with Gasteiger partial charge in [0.15, 0.2) is 0 Å². The number of sulfonamides is 1. The maximum Gasteiger partial charge on any atom is 0.241 e. The van der Waals surface area contributed by atoms with Gasteiger partial charge in [0.2, 0.25) is 10.0 Å². The monoisotopic (exact) mass is 304 g/mol. The minimum atomic E-state index is -3.40. The van der Waals surface area contributed by atoms with E-state index in [1.807, 2.05) is 14.0 Å². The molecule has 0 radical (unpaired) electrons. The average Bonchev–Trinajstić information content (AvgIpc) is 2.65. The molecule has 0 aromatic carbocycles. The van der Waals surface area contributed by atoms with Crippen LogP contribution < -0.4 is 10.0 Å². The Morgan fingerprint density at radius 1 is 1.47 bits per heavy atom. The minimum absolute atomic E-state index is 0.00185. The molecule has 1 saturated carbocycles. The molecule has 0 atom stereocenters. The molecule has 2 N–H and O–H groups in total. The third kappa shape index (κ3) is 3.35. The molecule has 1 aromatic heterocycles. The second kappa shape index (κ2) is 5.88. The van der Waals surface area contributed by atoms with E-state index in [9.17, 15) is 8.42 Å². The number of nitrogens with one attached hydrogen (secondary N) is 2. The van der Waals surface area contributed by atoms with E-state index in [2.05, 4.69) is 10.0 Å². The summed E-state index contributed by atoms with van der Waals surface area (Å²) in [5, 5.41) is 3.03. The van der Waals surface area contributed by atoms with Crippen LogP contribution in [0.4, 0.5) is 0 Å². The van der Waals surface area contributed by atoms with Crippen LogP contribution in [0.3, 0.4) is 0 Å². The van der Waals surface area contributed by atoms with E-state index in [1.165, 1.54) is 11.3 Å². The summed E-state index contributed by atoms with van der Waals surface area (Å²) in [5.41, 5.74) is 0. The molecule has 7 heteroatoms. The molecule has 0 bridgehead atoms. The largest absolute Gasteiger partial charge is 0.381 e. The minimum Gasteiger partial charge on any atom is -0.381 e. The molecular formula is C12H20N2O3S2. The SMILES string of the molecule is CNCc1cc(S(=O)(=O)NC2CC(OC)C2)c(C)s1. The van der Waals surface area contributed by atoms with Crippen LogP contribution in [0.25, 0.3) is 0 Å². The Bertz CT molecular complexity index is 533. The summed E-state index contributed by atoms with van der Waals surface area (Å²) in [6.07, 6.45) is 1.70. The Morgan fingerprint density at radius 2 is 2.16 bits per heavy atom. The highest BCUT2D eigenvalue weighted by molar-refractivity contribution is 7.89. The molecule has 0 spiro atoms. The van der Waals surface area contributed by atoms with Gasteiger partial charge in [-0.3, -0.25) is 0 Å². The molecule has 0 amide bonds. The van der Waals surface area contributed by atoms with Gasteiger partial charge in [-0.25, -0.2) is 13.1 Å². The number of hydrogen-bond donors (Lipinski definition) is 2. The van der Waals surface area contributed by atoms with Gasteiger partial charge in [-0.2, -0.15) is 0 Å². The van der Waals surface area contributed by atoms with Crippen molar-refractivity contribution >= 4 is 21.4 Å². The van der Waals surface area contributed by atoms with E-state index in [0.717, 1.165) is 22.6 Å². The van der Waals surface area contributed by atoms with E-state index in [-0.39, 0.29) is 12.1 Å². The Kier molecular flexibility index (Phi) is 4.62. The van der Waals surface area contributed by atoms with E-state index < -0.39 is 10.0 Å². The van der Waals surface area contributed by atoms with Crippen molar-refractivity contribution in [2.24, 2.45) is 0 Å². The maximum atomic E-state index is 12.3. The summed E-state index contributed by atoms with van der Waals surface area (Å²) in [7, 11) is 0.100. The molecule has 1 aromatic rings. The van der Waals surface area contributed by atoms with Crippen molar-refractivity contribution in [1.82, 2.24) is 10.0 Å². The van der Waals surface area contributed by atoms with Crippen LogP contribution in [0, 0.1) is 6.92 Å². The van der Waals surface area contributed by atoms with Crippen LogP contribution in [0.1, 0.15) is 22.6 Å². The lowest BCUT2D eigenvalue weighted by Gasteiger charge is -2.34. The van der Waals surface area contributed by atoms with Crippen molar-refractivity contribution in [3.05, 3.63) is 15.8 Å². The van der Waals surface area contributed by atoms with E-state index in [4.69, 9.17) is 4.74 Å². The quantitative estimate of drug-likeness (QED) is 0.829. The van der Waals surface area contributed by atoms with E-state index in [1.54, 1.807) is 13.2 Å². The molecule has 2 rings (SSSR count). The van der Waals surface area contributed by atoms with Gasteiger partial charge in [0, 0.05) is 29.5 Å². The molecule has 0 unspecified atom stereocenters. The van der Waals surface area contributed by atoms with Crippen LogP contribution >= 0.6 is 11.3 Å². The van der Waals surface area contributed by atoms with Crippen molar-refractivity contribution in [1.29, 1.82) is 0 Å². The maximum absolute atomic E-state index is 12.3. The predicted octanol–water partition coefficient (Wildman–Crippen LogP) is 1.23. The summed E-state index contributed by atoms with van der Waals surface area (Å²) < 4.78 is 32.5. The highest BCUT2D eigenvalue weighted by Gasteiger charge is 2.33. The lowest BCUT2D eigenvalue weighted by molar-refractivity contribution is 0.0236. The number of hydrogen-bond acceptors (Lipinski definition) is 5. The molecular weight excluding hydrogens is 284 g/mol. The Morgan fingerprint density at radius 3 is 2.74 bits per heavy atom. The van der Waals surface area contributed by atoms with Crippen molar-refractivity contribution in [3.63, 3.8) is 0 Å². The Balaban J connectivity index is 2.07. The van der Waals surface area contributed by atoms with Crippen molar-refractivity contribution in [3.8, 4) is 0 Å². The topological polar surface area (TPSA) is 67.4 Å². The van der Waals surface area contributed by atoms with Crippen LogP contribution in [-0.4, -0.2) is 34.7 Å². The van der Waals surface area contributed by atoms with Crippen molar-refractivity contribution in [2.45, 2.75) is 43.4 Å². The van der Waals surface area contributed by atoms with Gasteiger partial charge in [0.05, 0.1) is 11.0 Å². The molecule has 1 fully saturated rings. The number of aryl methyl sites for hydroxylation is 1. The summed E-state index contributed by atoms with van der Waals surface area (Å²) in [4.78, 5) is 2.27. The van der Waals surface area contributed by atoms with Crippen LogP contribution in [-0.2, 0) is 21.3 Å². The molecule has 1 aliphatic carbocycles. The van der Waals surface area contributed by atoms with Crippen LogP contribution in [0.5, 0.6) is 0 Å². The van der Waals surface area contributed by atoms with Gasteiger partial charge in [-0.1, -0.05) is 0 Å². The van der Waals surface area contributed by atoms with Crippen molar-refractivity contribution < 1.29 is 13.2 Å². The first kappa shape index (κ1) is 14.9. The molecule has 0 saturated heterocycles. The zero-order valence-corrected chi connectivity index (χ0v) is 13.0. The van der Waals surface area contributed by atoms with Crippen LogP contribution in [0.15, 0.2) is 11.0 Å². The number of methoxy groups -OCH3 is 1. The van der Waals surface area contributed by atoms with Gasteiger partial charge in [-0.15, -0.1) is 11.3 Å². The average molecular weight is 304 g/mol.